The summed E-state index contributed by atoms with van der Waals surface area (Å²) < 4.78 is 5.74. The molecule has 1 atom stereocenters. The zero-order valence-electron chi connectivity index (χ0n) is 22.9. The lowest BCUT2D eigenvalue weighted by Gasteiger charge is -2.29. The van der Waals surface area contributed by atoms with Crippen molar-refractivity contribution in [1.82, 2.24) is 15.7 Å². The summed E-state index contributed by atoms with van der Waals surface area (Å²) in [5, 5.41) is 11.4. The second kappa shape index (κ2) is 14.6. The third-order valence-corrected chi connectivity index (χ3v) is 7.73. The molecule has 3 N–H and O–H groups in total. The minimum Gasteiger partial charge on any atom is -0.461 e. The number of rotatable bonds is 12. The Balaban J connectivity index is 1.34. The summed E-state index contributed by atoms with van der Waals surface area (Å²) in [6.45, 7) is 1.08. The molecule has 0 unspecified atom stereocenters. The summed E-state index contributed by atoms with van der Waals surface area (Å²) in [6.07, 6.45) is 8.19. The normalized spacial score (nSPS) is 15.7. The van der Waals surface area contributed by atoms with E-state index in [1.807, 2.05) is 47.4 Å². The third-order valence-electron chi connectivity index (χ3n) is 7.73. The summed E-state index contributed by atoms with van der Waals surface area (Å²) >= 11 is 0. The van der Waals surface area contributed by atoms with E-state index in [4.69, 9.17) is 9.94 Å². The number of benzene rings is 2. The van der Waals surface area contributed by atoms with Crippen LogP contribution in [0.1, 0.15) is 97.3 Å². The molecule has 0 saturated heterocycles. The fourth-order valence-electron chi connectivity index (χ4n) is 5.42. The highest BCUT2D eigenvalue weighted by Gasteiger charge is 2.29. The topological polar surface area (TPSA) is 125 Å². The van der Waals surface area contributed by atoms with Gasteiger partial charge in [0.2, 0.25) is 11.8 Å². The number of nitrogens with zero attached hydrogens (tertiary/aromatic N) is 1. The number of hydrogen-bond donors (Lipinski definition) is 3. The second-order valence-electron chi connectivity index (χ2n) is 10.7. The molecule has 1 aliphatic carbocycles. The molecule has 1 heterocycles. The molecule has 2 aromatic carbocycles. The Morgan fingerprint density at radius 1 is 0.925 bits per heavy atom. The number of fused-ring (bicyclic) bond motifs is 1. The van der Waals surface area contributed by atoms with Crippen molar-refractivity contribution in [3.63, 3.8) is 0 Å². The minimum atomic E-state index is -0.901. The molecule has 0 radical (unpaired) electrons. The van der Waals surface area contributed by atoms with Gasteiger partial charge in [0, 0.05) is 31.5 Å². The molecule has 4 rings (SSSR count). The van der Waals surface area contributed by atoms with Crippen LogP contribution >= 0.6 is 0 Å². The molecule has 1 aliphatic heterocycles. The van der Waals surface area contributed by atoms with Gasteiger partial charge in [-0.25, -0.2) is 10.3 Å². The summed E-state index contributed by atoms with van der Waals surface area (Å²) in [6, 6.07) is 13.8. The van der Waals surface area contributed by atoms with E-state index < -0.39 is 17.9 Å². The minimum absolute atomic E-state index is 0.0763. The standard InChI is InChI=1S/C31H39N3O6/c35-27(33-39)14-6-1-2-7-15-28(36)34-19-18-22-16-17-24(20-25(22)21-34)30(37)32-29(23-10-4-3-5-11-23)31(38)40-26-12-8-9-13-26/h3-5,10-11,16-17,20,26,29,39H,1-2,6-9,12-15,18-19,21H2,(H,32,37)(H,33,35)/t29-/m0/s1. The van der Waals surface area contributed by atoms with Gasteiger partial charge in [0.25, 0.3) is 5.91 Å². The van der Waals surface area contributed by atoms with Crippen molar-refractivity contribution in [3.8, 4) is 0 Å². The van der Waals surface area contributed by atoms with E-state index >= 15 is 0 Å². The highest BCUT2D eigenvalue weighted by Crippen LogP contribution is 2.25. The zero-order chi connectivity index (χ0) is 28.3. The van der Waals surface area contributed by atoms with Crippen molar-refractivity contribution in [3.05, 3.63) is 70.8 Å². The van der Waals surface area contributed by atoms with Crippen LogP contribution < -0.4 is 10.8 Å². The first-order valence-electron chi connectivity index (χ1n) is 14.3. The van der Waals surface area contributed by atoms with E-state index in [1.54, 1.807) is 11.5 Å². The van der Waals surface area contributed by atoms with Gasteiger partial charge in [-0.2, -0.15) is 0 Å². The van der Waals surface area contributed by atoms with Crippen LogP contribution in [0.15, 0.2) is 48.5 Å². The fourth-order valence-corrected chi connectivity index (χ4v) is 5.42. The maximum Gasteiger partial charge on any atom is 0.333 e. The number of hydrogen-bond acceptors (Lipinski definition) is 6. The maximum absolute atomic E-state index is 13.3. The molecule has 9 nitrogen and oxygen atoms in total. The Bertz CT molecular complexity index is 1180. The van der Waals surface area contributed by atoms with E-state index in [0.29, 0.717) is 37.1 Å². The predicted octanol–water partition coefficient (Wildman–Crippen LogP) is 4.37. The molecular weight excluding hydrogens is 510 g/mol. The average molecular weight is 550 g/mol. The monoisotopic (exact) mass is 549 g/mol. The molecule has 9 heteroatoms. The Labute approximate surface area is 235 Å². The van der Waals surface area contributed by atoms with Gasteiger partial charge in [-0.05, 0) is 73.8 Å². The quantitative estimate of drug-likeness (QED) is 0.156. The molecular formula is C31H39N3O6. The van der Waals surface area contributed by atoms with Crippen molar-refractivity contribution < 1.29 is 29.1 Å². The first kappa shape index (κ1) is 29.3. The van der Waals surface area contributed by atoms with Crippen LogP contribution in [-0.2, 0) is 32.1 Å². The van der Waals surface area contributed by atoms with Gasteiger partial charge in [0.15, 0.2) is 6.04 Å². The number of hydroxylamine groups is 1. The first-order valence-corrected chi connectivity index (χ1v) is 14.3. The number of carbonyl (C=O) groups is 4. The van der Waals surface area contributed by atoms with Crippen LogP contribution in [0.5, 0.6) is 0 Å². The second-order valence-corrected chi connectivity index (χ2v) is 10.7. The molecule has 3 amide bonds. The van der Waals surface area contributed by atoms with E-state index in [0.717, 1.165) is 62.5 Å². The SMILES string of the molecule is O=C(CCCCCCC(=O)N1CCc2ccc(C(=O)N[C@H](C(=O)OC3CCCC3)c3ccccc3)cc2C1)NO. The van der Waals surface area contributed by atoms with E-state index in [-0.39, 0.29) is 24.3 Å². The predicted molar refractivity (Wildman–Crippen MR) is 148 cm³/mol. The number of carbonyl (C=O) groups excluding carboxylic acids is 4. The third kappa shape index (κ3) is 8.14. The zero-order valence-corrected chi connectivity index (χ0v) is 22.9. The lowest BCUT2D eigenvalue weighted by atomic mass is 9.96. The molecule has 1 fully saturated rings. The molecule has 0 aromatic heterocycles. The fraction of sp³-hybridized carbons (Fsp3) is 0.484. The summed E-state index contributed by atoms with van der Waals surface area (Å²) in [5.41, 5.74) is 4.79. The maximum atomic E-state index is 13.3. The lowest BCUT2D eigenvalue weighted by molar-refractivity contribution is -0.151. The van der Waals surface area contributed by atoms with E-state index in [9.17, 15) is 19.2 Å². The Hall–Kier alpha value is -3.72. The van der Waals surface area contributed by atoms with Gasteiger partial charge in [-0.3, -0.25) is 19.6 Å². The van der Waals surface area contributed by atoms with Crippen LogP contribution in [-0.4, -0.2) is 46.4 Å². The van der Waals surface area contributed by atoms with Gasteiger partial charge in [0.05, 0.1) is 0 Å². The van der Waals surface area contributed by atoms with Crippen molar-refractivity contribution in [2.45, 2.75) is 89.3 Å². The van der Waals surface area contributed by atoms with E-state index in [2.05, 4.69) is 5.32 Å². The summed E-state index contributed by atoms with van der Waals surface area (Å²) in [4.78, 5) is 52.1. The van der Waals surface area contributed by atoms with Crippen LogP contribution in [0, 0.1) is 0 Å². The first-order chi connectivity index (χ1) is 19.4. The number of amides is 3. The van der Waals surface area contributed by atoms with Crippen LogP contribution in [0.3, 0.4) is 0 Å². The summed E-state index contributed by atoms with van der Waals surface area (Å²) in [5.74, 6) is -1.13. The van der Waals surface area contributed by atoms with Crippen molar-refractivity contribution >= 4 is 23.7 Å². The lowest BCUT2D eigenvalue weighted by Crippen LogP contribution is -2.37. The molecule has 2 aliphatic rings. The molecule has 40 heavy (non-hydrogen) atoms. The van der Waals surface area contributed by atoms with Gasteiger partial charge in [-0.15, -0.1) is 0 Å². The largest absolute Gasteiger partial charge is 0.461 e. The Kier molecular flexibility index (Phi) is 10.7. The Morgan fingerprint density at radius 3 is 2.38 bits per heavy atom. The molecule has 2 aromatic rings. The van der Waals surface area contributed by atoms with Crippen LogP contribution in [0.25, 0.3) is 0 Å². The number of nitrogens with one attached hydrogen (secondary N) is 2. The molecule has 0 bridgehead atoms. The number of unbranched alkanes of at least 4 members (excludes halogenated alkanes) is 3. The molecule has 0 spiro atoms. The smallest absolute Gasteiger partial charge is 0.333 e. The highest BCUT2D eigenvalue weighted by atomic mass is 16.5. The number of esters is 1. The van der Waals surface area contributed by atoms with Gasteiger partial charge < -0.3 is 15.0 Å². The van der Waals surface area contributed by atoms with Crippen molar-refractivity contribution in [1.29, 1.82) is 0 Å². The van der Waals surface area contributed by atoms with Crippen LogP contribution in [0.2, 0.25) is 0 Å². The molecule has 1 saturated carbocycles. The number of ether oxygens (including phenoxy) is 1. The van der Waals surface area contributed by atoms with Crippen LogP contribution in [0.4, 0.5) is 0 Å². The van der Waals surface area contributed by atoms with Gasteiger partial charge in [0.1, 0.15) is 6.10 Å². The summed E-state index contributed by atoms with van der Waals surface area (Å²) in [7, 11) is 0. The Morgan fingerprint density at radius 2 is 1.65 bits per heavy atom. The van der Waals surface area contributed by atoms with E-state index in [1.165, 1.54) is 0 Å². The van der Waals surface area contributed by atoms with Crippen molar-refractivity contribution in [2.24, 2.45) is 0 Å². The van der Waals surface area contributed by atoms with Gasteiger partial charge >= 0.3 is 5.97 Å². The molecule has 214 valence electrons. The van der Waals surface area contributed by atoms with Gasteiger partial charge in [-0.1, -0.05) is 49.2 Å². The van der Waals surface area contributed by atoms with Crippen molar-refractivity contribution in [2.75, 3.05) is 6.54 Å². The highest BCUT2D eigenvalue weighted by molar-refractivity contribution is 5.97. The average Bonchev–Trinajstić information content (AvgIpc) is 3.50.